The molecule has 0 unspecified atom stereocenters. The van der Waals surface area contributed by atoms with E-state index in [1.807, 2.05) is 0 Å². The Morgan fingerprint density at radius 3 is 2.80 bits per heavy atom. The van der Waals surface area contributed by atoms with E-state index in [1.54, 1.807) is 0 Å². The largest absolute Gasteiger partial charge is 0.464 e. The van der Waals surface area contributed by atoms with Crippen LogP contribution in [0.4, 0.5) is 4.39 Å². The molecule has 104 valence electrons. The zero-order valence-corrected chi connectivity index (χ0v) is 12.4. The van der Waals surface area contributed by atoms with E-state index in [4.69, 9.17) is 11.6 Å². The maximum Gasteiger partial charge on any atom is 0.362 e. The zero-order chi connectivity index (χ0) is 14.9. The summed E-state index contributed by atoms with van der Waals surface area (Å²) in [6.07, 6.45) is 1.32. The summed E-state index contributed by atoms with van der Waals surface area (Å²) >= 11 is 9.10. The van der Waals surface area contributed by atoms with Gasteiger partial charge in [-0.3, -0.25) is 4.79 Å². The summed E-state index contributed by atoms with van der Waals surface area (Å²) in [5.74, 6) is -1.39. The lowest BCUT2D eigenvalue weighted by Crippen LogP contribution is -2.21. The van der Waals surface area contributed by atoms with Crippen LogP contribution in [0.25, 0.3) is 5.69 Å². The average molecular weight is 362 g/mol. The van der Waals surface area contributed by atoms with Crippen molar-refractivity contribution >= 4 is 33.5 Å². The Kier molecular flexibility index (Phi) is 4.20. The molecule has 0 atom stereocenters. The van der Waals surface area contributed by atoms with E-state index in [-0.39, 0.29) is 10.7 Å². The minimum Gasteiger partial charge on any atom is -0.464 e. The Morgan fingerprint density at radius 1 is 1.50 bits per heavy atom. The lowest BCUT2D eigenvalue weighted by molar-refractivity contribution is 0.0590. The molecule has 0 spiro atoms. The number of nitrogens with zero attached hydrogens (tertiary/aromatic N) is 2. The Hall–Kier alpha value is -1.73. The molecule has 0 aliphatic rings. The zero-order valence-electron chi connectivity index (χ0n) is 10.1. The third-order valence-corrected chi connectivity index (χ3v) is 3.29. The molecule has 0 fully saturated rings. The first-order chi connectivity index (χ1) is 9.43. The average Bonchev–Trinajstić information content (AvgIpc) is 2.38. The summed E-state index contributed by atoms with van der Waals surface area (Å²) in [6, 6.07) is 3.43. The van der Waals surface area contributed by atoms with Crippen LogP contribution in [0.2, 0.25) is 5.02 Å². The van der Waals surface area contributed by atoms with Crippen molar-refractivity contribution in [1.29, 1.82) is 0 Å². The SMILES string of the molecule is COC(=O)c1nn(-c2c(Cl)cc(F)cc2Br)ccc1=O. The molecule has 2 rings (SSSR count). The summed E-state index contributed by atoms with van der Waals surface area (Å²) in [6.45, 7) is 0. The standard InChI is InChI=1S/C12H7BrClFN2O3/c1-20-12(19)10-9(18)2-3-17(16-10)11-7(13)4-6(15)5-8(11)14/h2-5H,1H3. The molecule has 20 heavy (non-hydrogen) atoms. The summed E-state index contributed by atoms with van der Waals surface area (Å²) in [5.41, 5.74) is -0.664. The number of benzene rings is 1. The highest BCUT2D eigenvalue weighted by atomic mass is 79.9. The van der Waals surface area contributed by atoms with Crippen molar-refractivity contribution in [2.45, 2.75) is 0 Å². The van der Waals surface area contributed by atoms with E-state index in [0.29, 0.717) is 10.2 Å². The fourth-order valence-electron chi connectivity index (χ4n) is 1.52. The van der Waals surface area contributed by atoms with E-state index < -0.39 is 17.2 Å². The highest BCUT2D eigenvalue weighted by Gasteiger charge is 2.16. The Labute approximate surface area is 126 Å². The molecule has 0 saturated carbocycles. The fraction of sp³-hybridized carbons (Fsp3) is 0.0833. The van der Waals surface area contributed by atoms with Crippen molar-refractivity contribution < 1.29 is 13.9 Å². The second kappa shape index (κ2) is 5.72. The monoisotopic (exact) mass is 360 g/mol. The smallest absolute Gasteiger partial charge is 0.362 e. The van der Waals surface area contributed by atoms with Crippen LogP contribution in [-0.4, -0.2) is 22.9 Å². The van der Waals surface area contributed by atoms with Crippen LogP contribution in [0.15, 0.2) is 33.7 Å². The number of rotatable bonds is 2. The molecule has 0 aliphatic carbocycles. The van der Waals surface area contributed by atoms with Crippen LogP contribution in [0, 0.1) is 5.82 Å². The molecule has 1 heterocycles. The minimum absolute atomic E-state index is 0.0730. The summed E-state index contributed by atoms with van der Waals surface area (Å²) in [5, 5.41) is 3.93. The van der Waals surface area contributed by atoms with Gasteiger partial charge in [-0.1, -0.05) is 11.6 Å². The number of halogens is 3. The van der Waals surface area contributed by atoms with Crippen molar-refractivity contribution in [2.75, 3.05) is 7.11 Å². The predicted octanol–water partition coefficient (Wildman–Crippen LogP) is 2.57. The molecule has 5 nitrogen and oxygen atoms in total. The van der Waals surface area contributed by atoms with E-state index in [2.05, 4.69) is 25.8 Å². The third-order valence-electron chi connectivity index (χ3n) is 2.40. The first kappa shape index (κ1) is 14.7. The molecule has 0 aliphatic heterocycles. The molecule has 8 heteroatoms. The van der Waals surface area contributed by atoms with Gasteiger partial charge < -0.3 is 4.74 Å². The van der Waals surface area contributed by atoms with Crippen molar-refractivity contribution in [2.24, 2.45) is 0 Å². The van der Waals surface area contributed by atoms with Crippen LogP contribution in [0.1, 0.15) is 10.5 Å². The van der Waals surface area contributed by atoms with Crippen LogP contribution >= 0.6 is 27.5 Å². The molecular weight excluding hydrogens is 354 g/mol. The second-order valence-electron chi connectivity index (χ2n) is 3.68. The van der Waals surface area contributed by atoms with Gasteiger partial charge >= 0.3 is 5.97 Å². The molecular formula is C12H7BrClFN2O3. The van der Waals surface area contributed by atoms with Gasteiger partial charge in [0.05, 0.1) is 17.8 Å². The second-order valence-corrected chi connectivity index (χ2v) is 4.94. The minimum atomic E-state index is -0.862. The fourth-order valence-corrected chi connectivity index (χ4v) is 2.54. The van der Waals surface area contributed by atoms with Crippen LogP contribution < -0.4 is 5.43 Å². The van der Waals surface area contributed by atoms with Crippen LogP contribution in [0.3, 0.4) is 0 Å². The topological polar surface area (TPSA) is 61.2 Å². The van der Waals surface area contributed by atoms with Gasteiger partial charge in [-0.2, -0.15) is 5.10 Å². The van der Waals surface area contributed by atoms with E-state index in [1.165, 1.54) is 16.9 Å². The van der Waals surface area contributed by atoms with Gasteiger partial charge in [0.15, 0.2) is 0 Å². The van der Waals surface area contributed by atoms with Crippen molar-refractivity contribution in [3.05, 3.63) is 55.6 Å². The first-order valence-electron chi connectivity index (χ1n) is 5.27. The number of methoxy groups -OCH3 is 1. The van der Waals surface area contributed by atoms with Gasteiger partial charge in [-0.15, -0.1) is 0 Å². The summed E-state index contributed by atoms with van der Waals surface area (Å²) in [4.78, 5) is 23.0. The molecule has 0 radical (unpaired) electrons. The van der Waals surface area contributed by atoms with Gasteiger partial charge in [0.25, 0.3) is 0 Å². The van der Waals surface area contributed by atoms with Crippen LogP contribution in [0.5, 0.6) is 0 Å². The molecule has 0 bridgehead atoms. The van der Waals surface area contributed by atoms with Crippen molar-refractivity contribution in [3.8, 4) is 5.69 Å². The van der Waals surface area contributed by atoms with Gasteiger partial charge in [0.1, 0.15) is 5.82 Å². The van der Waals surface area contributed by atoms with Gasteiger partial charge in [-0.05, 0) is 28.1 Å². The van der Waals surface area contributed by atoms with E-state index >= 15 is 0 Å². The predicted molar refractivity (Wildman–Crippen MR) is 73.8 cm³/mol. The number of esters is 1. The summed E-state index contributed by atoms with van der Waals surface area (Å²) < 4.78 is 19.2. The number of carbonyl (C=O) groups excluding carboxylic acids is 1. The summed E-state index contributed by atoms with van der Waals surface area (Å²) in [7, 11) is 1.14. The maximum absolute atomic E-state index is 13.2. The highest BCUT2D eigenvalue weighted by Crippen LogP contribution is 2.29. The van der Waals surface area contributed by atoms with Crippen LogP contribution in [-0.2, 0) is 4.74 Å². The lowest BCUT2D eigenvalue weighted by atomic mass is 10.3. The number of ether oxygens (including phenoxy) is 1. The number of hydrogen-bond donors (Lipinski definition) is 0. The molecule has 0 N–H and O–H groups in total. The van der Waals surface area contributed by atoms with Gasteiger partial charge in [-0.25, -0.2) is 13.9 Å². The molecule has 0 amide bonds. The highest BCUT2D eigenvalue weighted by molar-refractivity contribution is 9.10. The first-order valence-corrected chi connectivity index (χ1v) is 6.44. The Balaban J connectivity index is 2.66. The maximum atomic E-state index is 13.2. The normalized spacial score (nSPS) is 10.4. The van der Waals surface area contributed by atoms with Crippen molar-refractivity contribution in [1.82, 2.24) is 9.78 Å². The van der Waals surface area contributed by atoms with Gasteiger partial charge in [0.2, 0.25) is 11.1 Å². The Bertz CT molecular complexity index is 725. The Morgan fingerprint density at radius 2 is 2.20 bits per heavy atom. The molecule has 0 saturated heterocycles. The van der Waals surface area contributed by atoms with E-state index in [9.17, 15) is 14.0 Å². The number of aromatic nitrogens is 2. The molecule has 1 aromatic heterocycles. The lowest BCUT2D eigenvalue weighted by Gasteiger charge is -2.10. The quantitative estimate of drug-likeness (QED) is 0.771. The van der Waals surface area contributed by atoms with Gasteiger partial charge in [0, 0.05) is 16.7 Å². The third kappa shape index (κ3) is 2.73. The van der Waals surface area contributed by atoms with Crippen molar-refractivity contribution in [3.63, 3.8) is 0 Å². The van der Waals surface area contributed by atoms with E-state index in [0.717, 1.165) is 19.2 Å². The number of hydrogen-bond acceptors (Lipinski definition) is 4. The number of carbonyl (C=O) groups is 1. The molecule has 1 aromatic carbocycles. The molecule has 2 aromatic rings.